The van der Waals surface area contributed by atoms with Gasteiger partial charge in [-0.1, -0.05) is 11.6 Å². The Morgan fingerprint density at radius 2 is 1.46 bits per heavy atom. The zero-order chi connectivity index (χ0) is 20.1. The molecule has 0 spiro atoms. The predicted octanol–water partition coefficient (Wildman–Crippen LogP) is 4.15. The maximum absolute atomic E-state index is 12.4. The van der Waals surface area contributed by atoms with Crippen LogP contribution in [0.1, 0.15) is 20.7 Å². The van der Waals surface area contributed by atoms with Gasteiger partial charge < -0.3 is 10.6 Å². The van der Waals surface area contributed by atoms with Crippen molar-refractivity contribution in [2.24, 2.45) is 0 Å². The van der Waals surface area contributed by atoms with Crippen LogP contribution in [0.15, 0.2) is 67.0 Å². The SMILES string of the molecule is O=C(Nc1ccc(NC(=O)c2cc([N+](=O)[O-])ccc2Cl)cc1)c1ccncc1. The highest BCUT2D eigenvalue weighted by molar-refractivity contribution is 6.34. The number of amides is 2. The highest BCUT2D eigenvalue weighted by Crippen LogP contribution is 2.23. The van der Waals surface area contributed by atoms with Crippen molar-refractivity contribution in [2.75, 3.05) is 10.6 Å². The number of halogens is 1. The van der Waals surface area contributed by atoms with Crippen molar-refractivity contribution in [3.05, 3.63) is 93.3 Å². The molecule has 0 saturated carbocycles. The van der Waals surface area contributed by atoms with E-state index in [-0.39, 0.29) is 22.2 Å². The van der Waals surface area contributed by atoms with Gasteiger partial charge in [-0.3, -0.25) is 24.7 Å². The Morgan fingerprint density at radius 3 is 2.04 bits per heavy atom. The fraction of sp³-hybridized carbons (Fsp3) is 0. The number of anilines is 2. The van der Waals surface area contributed by atoms with E-state index in [1.807, 2.05) is 0 Å². The number of aromatic nitrogens is 1. The smallest absolute Gasteiger partial charge is 0.270 e. The van der Waals surface area contributed by atoms with E-state index >= 15 is 0 Å². The van der Waals surface area contributed by atoms with Crippen molar-refractivity contribution in [2.45, 2.75) is 0 Å². The number of carbonyl (C=O) groups is 2. The Hall–Kier alpha value is -3.78. The number of pyridine rings is 1. The molecule has 0 atom stereocenters. The Bertz CT molecular complexity index is 1040. The summed E-state index contributed by atoms with van der Waals surface area (Å²) in [6, 6.07) is 13.2. The fourth-order valence-electron chi connectivity index (χ4n) is 2.34. The lowest BCUT2D eigenvalue weighted by Crippen LogP contribution is -2.14. The summed E-state index contributed by atoms with van der Waals surface area (Å²) in [5.41, 5.74) is 1.20. The number of rotatable bonds is 5. The van der Waals surface area contributed by atoms with Crippen LogP contribution in [-0.2, 0) is 0 Å². The Kier molecular flexibility index (Phi) is 5.61. The highest BCUT2D eigenvalue weighted by atomic mass is 35.5. The van der Waals surface area contributed by atoms with Gasteiger partial charge in [0.25, 0.3) is 17.5 Å². The van der Waals surface area contributed by atoms with Gasteiger partial charge in [-0.2, -0.15) is 0 Å². The Labute approximate surface area is 164 Å². The minimum Gasteiger partial charge on any atom is -0.322 e. The summed E-state index contributed by atoms with van der Waals surface area (Å²) in [6.07, 6.45) is 3.04. The van der Waals surface area contributed by atoms with E-state index in [1.54, 1.807) is 36.4 Å². The summed E-state index contributed by atoms with van der Waals surface area (Å²) >= 11 is 5.97. The van der Waals surface area contributed by atoms with Crippen molar-refractivity contribution >= 4 is 40.5 Å². The van der Waals surface area contributed by atoms with Crippen LogP contribution in [0.2, 0.25) is 5.02 Å². The van der Waals surface area contributed by atoms with Crippen molar-refractivity contribution in [3.8, 4) is 0 Å². The minimum absolute atomic E-state index is 0.00840. The summed E-state index contributed by atoms with van der Waals surface area (Å²) in [6.45, 7) is 0. The second-order valence-electron chi connectivity index (χ2n) is 5.64. The monoisotopic (exact) mass is 396 g/mol. The molecule has 0 unspecified atom stereocenters. The highest BCUT2D eigenvalue weighted by Gasteiger charge is 2.16. The number of nitrogens with one attached hydrogen (secondary N) is 2. The third-order valence-corrected chi connectivity index (χ3v) is 4.08. The van der Waals surface area contributed by atoms with Crippen molar-refractivity contribution in [1.29, 1.82) is 0 Å². The molecule has 0 aliphatic rings. The molecule has 0 bridgehead atoms. The predicted molar refractivity (Wildman–Crippen MR) is 105 cm³/mol. The number of nitro benzene ring substituents is 1. The number of carbonyl (C=O) groups excluding carboxylic acids is 2. The molecule has 9 heteroatoms. The molecule has 0 fully saturated rings. The number of nitro groups is 1. The van der Waals surface area contributed by atoms with Crippen LogP contribution in [0.5, 0.6) is 0 Å². The largest absolute Gasteiger partial charge is 0.322 e. The molecule has 1 heterocycles. The third-order valence-electron chi connectivity index (χ3n) is 3.75. The number of benzene rings is 2. The van der Waals surface area contributed by atoms with E-state index < -0.39 is 10.8 Å². The molecule has 0 aliphatic carbocycles. The van der Waals surface area contributed by atoms with Crippen LogP contribution >= 0.6 is 11.6 Å². The first-order valence-electron chi connectivity index (χ1n) is 8.01. The van der Waals surface area contributed by atoms with Gasteiger partial charge in [0.1, 0.15) is 0 Å². The average Bonchev–Trinajstić information content (AvgIpc) is 2.70. The Balaban J connectivity index is 1.69. The van der Waals surface area contributed by atoms with Gasteiger partial charge in [0.2, 0.25) is 0 Å². The fourth-order valence-corrected chi connectivity index (χ4v) is 2.55. The molecule has 0 aliphatic heterocycles. The molecule has 2 aromatic carbocycles. The molecular weight excluding hydrogens is 384 g/mol. The van der Waals surface area contributed by atoms with E-state index in [1.165, 1.54) is 24.5 Å². The summed E-state index contributed by atoms with van der Waals surface area (Å²) in [4.78, 5) is 38.6. The van der Waals surface area contributed by atoms with Crippen LogP contribution in [0.3, 0.4) is 0 Å². The molecule has 2 N–H and O–H groups in total. The molecule has 1 aromatic heterocycles. The molecule has 28 heavy (non-hydrogen) atoms. The topological polar surface area (TPSA) is 114 Å². The van der Waals surface area contributed by atoms with Gasteiger partial charge in [0, 0.05) is 41.5 Å². The maximum Gasteiger partial charge on any atom is 0.270 e. The first kappa shape index (κ1) is 19.0. The molecule has 140 valence electrons. The van der Waals surface area contributed by atoms with Crippen LogP contribution < -0.4 is 10.6 Å². The van der Waals surface area contributed by atoms with Crippen molar-refractivity contribution in [3.63, 3.8) is 0 Å². The normalized spacial score (nSPS) is 10.2. The zero-order valence-corrected chi connectivity index (χ0v) is 15.0. The van der Waals surface area contributed by atoms with Crippen molar-refractivity contribution in [1.82, 2.24) is 4.98 Å². The lowest BCUT2D eigenvalue weighted by molar-refractivity contribution is -0.384. The van der Waals surface area contributed by atoms with Gasteiger partial charge in [-0.15, -0.1) is 0 Å². The quantitative estimate of drug-likeness (QED) is 0.496. The van der Waals surface area contributed by atoms with E-state index in [0.717, 1.165) is 6.07 Å². The zero-order valence-electron chi connectivity index (χ0n) is 14.3. The third kappa shape index (κ3) is 4.49. The summed E-state index contributed by atoms with van der Waals surface area (Å²) in [5, 5.41) is 16.3. The first-order chi connectivity index (χ1) is 13.4. The number of hydrogen-bond acceptors (Lipinski definition) is 5. The van der Waals surface area contributed by atoms with E-state index in [9.17, 15) is 19.7 Å². The summed E-state index contributed by atoms with van der Waals surface area (Å²) in [5.74, 6) is -0.871. The maximum atomic E-state index is 12.4. The van der Waals surface area contributed by atoms with Crippen LogP contribution in [0.25, 0.3) is 0 Å². The van der Waals surface area contributed by atoms with Crippen LogP contribution in [0.4, 0.5) is 17.1 Å². The molecule has 3 rings (SSSR count). The van der Waals surface area contributed by atoms with Gasteiger partial charge in [0.05, 0.1) is 15.5 Å². The first-order valence-corrected chi connectivity index (χ1v) is 8.38. The van der Waals surface area contributed by atoms with Crippen LogP contribution in [0, 0.1) is 10.1 Å². The minimum atomic E-state index is -0.604. The molecule has 0 saturated heterocycles. The van der Waals surface area contributed by atoms with E-state index in [0.29, 0.717) is 16.9 Å². The van der Waals surface area contributed by atoms with Crippen LogP contribution in [-0.4, -0.2) is 21.7 Å². The second-order valence-corrected chi connectivity index (χ2v) is 6.05. The van der Waals surface area contributed by atoms with E-state index in [2.05, 4.69) is 15.6 Å². The second kappa shape index (κ2) is 8.28. The lowest BCUT2D eigenvalue weighted by atomic mass is 10.1. The molecular formula is C19H13ClN4O4. The number of hydrogen-bond donors (Lipinski definition) is 2. The number of non-ortho nitro benzene ring substituents is 1. The van der Waals surface area contributed by atoms with Gasteiger partial charge in [-0.05, 0) is 42.5 Å². The van der Waals surface area contributed by atoms with E-state index in [4.69, 9.17) is 11.6 Å². The number of nitrogens with zero attached hydrogens (tertiary/aromatic N) is 2. The van der Waals surface area contributed by atoms with Gasteiger partial charge >= 0.3 is 0 Å². The summed E-state index contributed by atoms with van der Waals surface area (Å²) in [7, 11) is 0. The Morgan fingerprint density at radius 1 is 0.893 bits per heavy atom. The van der Waals surface area contributed by atoms with Crippen molar-refractivity contribution < 1.29 is 14.5 Å². The molecule has 8 nitrogen and oxygen atoms in total. The standard InChI is InChI=1S/C19H13ClN4O4/c20-17-6-5-15(24(27)28)11-16(17)19(26)23-14-3-1-13(2-4-14)22-18(25)12-7-9-21-10-8-12/h1-11H,(H,22,25)(H,23,26). The van der Waals surface area contributed by atoms with Gasteiger partial charge in [-0.25, -0.2) is 0 Å². The summed E-state index contributed by atoms with van der Waals surface area (Å²) < 4.78 is 0. The molecule has 3 aromatic rings. The van der Waals surface area contributed by atoms with Gasteiger partial charge in [0.15, 0.2) is 0 Å². The lowest BCUT2D eigenvalue weighted by Gasteiger charge is -2.09. The molecule has 0 radical (unpaired) electrons. The molecule has 2 amide bonds. The average molecular weight is 397 g/mol.